The number of nitrogens with two attached hydrogens (primary N) is 1. The molecule has 0 aliphatic rings. The number of allylic oxidation sites excluding steroid dienone is 1. The molecule has 0 heterocycles. The summed E-state index contributed by atoms with van der Waals surface area (Å²) in [4.78, 5) is 0. The molecule has 1 unspecified atom stereocenters. The van der Waals surface area contributed by atoms with Crippen molar-refractivity contribution in [2.75, 3.05) is 0 Å². The molecule has 2 N–H and O–H groups in total. The minimum Gasteiger partial charge on any atom is -0.324 e. The average Bonchev–Trinajstić information content (AvgIpc) is 2.18. The van der Waals surface area contributed by atoms with Crippen molar-refractivity contribution < 1.29 is 0 Å². The number of hydrogen-bond acceptors (Lipinski definition) is 1. The summed E-state index contributed by atoms with van der Waals surface area (Å²) in [5, 5.41) is 0. The highest BCUT2D eigenvalue weighted by atomic mass is 14.6. The quantitative estimate of drug-likeness (QED) is 0.723. The van der Waals surface area contributed by atoms with Gasteiger partial charge in [0.15, 0.2) is 0 Å². The fourth-order valence-electron chi connectivity index (χ4n) is 1.61. The van der Waals surface area contributed by atoms with Gasteiger partial charge in [0.2, 0.25) is 0 Å². The number of rotatable bonds is 4. The molecule has 1 aromatic carbocycles. The highest BCUT2D eigenvalue weighted by molar-refractivity contribution is 5.32. The van der Waals surface area contributed by atoms with Gasteiger partial charge in [0.1, 0.15) is 0 Å². The Kier molecular flexibility index (Phi) is 3.90. The molecule has 0 fully saturated rings. The first-order valence-corrected chi connectivity index (χ1v) is 5.08. The molecular weight excluding hydrogens is 170 g/mol. The minimum absolute atomic E-state index is 0.146. The molecule has 0 saturated heterocycles. The summed E-state index contributed by atoms with van der Waals surface area (Å²) in [6, 6.07) is 6.59. The summed E-state index contributed by atoms with van der Waals surface area (Å²) in [7, 11) is 0. The first-order chi connectivity index (χ1) is 6.65. The Morgan fingerprint density at radius 2 is 2.14 bits per heavy atom. The van der Waals surface area contributed by atoms with E-state index < -0.39 is 0 Å². The van der Waals surface area contributed by atoms with Crippen molar-refractivity contribution in [2.24, 2.45) is 5.73 Å². The zero-order chi connectivity index (χ0) is 10.6. The molecule has 0 amide bonds. The number of hydrogen-bond donors (Lipinski definition) is 1. The summed E-state index contributed by atoms with van der Waals surface area (Å²) in [6.07, 6.45) is 3.88. The van der Waals surface area contributed by atoms with Crippen LogP contribution < -0.4 is 5.73 Å². The van der Waals surface area contributed by atoms with Crippen LogP contribution in [0, 0.1) is 13.8 Å². The second-order valence-corrected chi connectivity index (χ2v) is 3.83. The molecule has 1 aromatic rings. The maximum Gasteiger partial charge on any atom is 0.0300 e. The molecule has 1 heteroatoms. The molecule has 0 aromatic heterocycles. The van der Waals surface area contributed by atoms with E-state index in [4.69, 9.17) is 5.73 Å². The Morgan fingerprint density at radius 3 is 2.79 bits per heavy atom. The summed E-state index contributed by atoms with van der Waals surface area (Å²) in [5.41, 5.74) is 9.94. The fraction of sp³-hybridized carbons (Fsp3) is 0.385. The molecule has 0 radical (unpaired) electrons. The van der Waals surface area contributed by atoms with E-state index in [-0.39, 0.29) is 6.04 Å². The molecule has 14 heavy (non-hydrogen) atoms. The standard InChI is InChI=1S/C13H19N/c1-4-5-6-13(14)12-9-10(2)7-8-11(12)3/h4,7-9,13H,1,5-6,14H2,2-3H3. The third kappa shape index (κ3) is 2.71. The van der Waals surface area contributed by atoms with Gasteiger partial charge in [0.05, 0.1) is 0 Å². The molecule has 1 atom stereocenters. The van der Waals surface area contributed by atoms with Crippen LogP contribution in [0.1, 0.15) is 35.6 Å². The van der Waals surface area contributed by atoms with Gasteiger partial charge in [0.25, 0.3) is 0 Å². The van der Waals surface area contributed by atoms with E-state index >= 15 is 0 Å². The molecule has 0 saturated carbocycles. The van der Waals surface area contributed by atoms with E-state index in [1.54, 1.807) is 0 Å². The van der Waals surface area contributed by atoms with Crippen LogP contribution in [0.2, 0.25) is 0 Å². The van der Waals surface area contributed by atoms with Crippen LogP contribution in [0.3, 0.4) is 0 Å². The van der Waals surface area contributed by atoms with Gasteiger partial charge in [-0.1, -0.05) is 29.8 Å². The maximum absolute atomic E-state index is 6.10. The summed E-state index contributed by atoms with van der Waals surface area (Å²) in [6.45, 7) is 7.92. The van der Waals surface area contributed by atoms with Crippen LogP contribution in [0.25, 0.3) is 0 Å². The van der Waals surface area contributed by atoms with E-state index in [0.717, 1.165) is 12.8 Å². The van der Waals surface area contributed by atoms with Crippen LogP contribution in [-0.4, -0.2) is 0 Å². The molecule has 0 aliphatic carbocycles. The lowest BCUT2D eigenvalue weighted by Gasteiger charge is -2.14. The summed E-state index contributed by atoms with van der Waals surface area (Å²) >= 11 is 0. The molecule has 0 aliphatic heterocycles. The highest BCUT2D eigenvalue weighted by Crippen LogP contribution is 2.20. The molecule has 0 bridgehead atoms. The second-order valence-electron chi connectivity index (χ2n) is 3.83. The summed E-state index contributed by atoms with van der Waals surface area (Å²) in [5.74, 6) is 0. The largest absolute Gasteiger partial charge is 0.324 e. The van der Waals surface area contributed by atoms with Gasteiger partial charge in [-0.3, -0.25) is 0 Å². The Morgan fingerprint density at radius 1 is 1.43 bits per heavy atom. The van der Waals surface area contributed by atoms with Gasteiger partial charge >= 0.3 is 0 Å². The van der Waals surface area contributed by atoms with Crippen molar-refractivity contribution in [3.8, 4) is 0 Å². The molecule has 76 valence electrons. The van der Waals surface area contributed by atoms with Crippen molar-refractivity contribution in [3.63, 3.8) is 0 Å². The predicted molar refractivity (Wildman–Crippen MR) is 62.3 cm³/mol. The monoisotopic (exact) mass is 189 g/mol. The lowest BCUT2D eigenvalue weighted by atomic mass is 9.96. The van der Waals surface area contributed by atoms with Crippen molar-refractivity contribution >= 4 is 0 Å². The second kappa shape index (κ2) is 4.97. The van der Waals surface area contributed by atoms with Crippen LogP contribution >= 0.6 is 0 Å². The van der Waals surface area contributed by atoms with Gasteiger partial charge in [-0.25, -0.2) is 0 Å². The van der Waals surface area contributed by atoms with E-state index in [2.05, 4.69) is 38.6 Å². The topological polar surface area (TPSA) is 26.0 Å². The van der Waals surface area contributed by atoms with E-state index in [1.165, 1.54) is 16.7 Å². The van der Waals surface area contributed by atoms with Crippen molar-refractivity contribution in [2.45, 2.75) is 32.7 Å². The Balaban J connectivity index is 2.82. The van der Waals surface area contributed by atoms with Crippen LogP contribution in [0.15, 0.2) is 30.9 Å². The average molecular weight is 189 g/mol. The molecule has 1 nitrogen and oxygen atoms in total. The van der Waals surface area contributed by atoms with Gasteiger partial charge in [-0.2, -0.15) is 0 Å². The van der Waals surface area contributed by atoms with E-state index in [0.29, 0.717) is 0 Å². The molecule has 1 rings (SSSR count). The zero-order valence-electron chi connectivity index (χ0n) is 9.09. The summed E-state index contributed by atoms with van der Waals surface area (Å²) < 4.78 is 0. The smallest absolute Gasteiger partial charge is 0.0300 e. The number of aryl methyl sites for hydroxylation is 2. The Bertz CT molecular complexity index is 315. The normalized spacial score (nSPS) is 12.5. The Hall–Kier alpha value is -1.08. The predicted octanol–water partition coefficient (Wildman–Crippen LogP) is 3.27. The van der Waals surface area contributed by atoms with Crippen molar-refractivity contribution in [1.82, 2.24) is 0 Å². The third-order valence-corrected chi connectivity index (χ3v) is 2.52. The van der Waals surface area contributed by atoms with Crippen molar-refractivity contribution in [3.05, 3.63) is 47.5 Å². The minimum atomic E-state index is 0.146. The molecule has 0 spiro atoms. The fourth-order valence-corrected chi connectivity index (χ4v) is 1.61. The van der Waals surface area contributed by atoms with Crippen LogP contribution in [0.5, 0.6) is 0 Å². The highest BCUT2D eigenvalue weighted by Gasteiger charge is 2.07. The first-order valence-electron chi connectivity index (χ1n) is 5.08. The lowest BCUT2D eigenvalue weighted by Crippen LogP contribution is -2.11. The lowest BCUT2D eigenvalue weighted by molar-refractivity contribution is 0.657. The van der Waals surface area contributed by atoms with Crippen LogP contribution in [0.4, 0.5) is 0 Å². The van der Waals surface area contributed by atoms with Gasteiger partial charge in [-0.05, 0) is 37.8 Å². The SMILES string of the molecule is C=CCCC(N)c1cc(C)ccc1C. The van der Waals surface area contributed by atoms with Gasteiger partial charge in [0, 0.05) is 6.04 Å². The van der Waals surface area contributed by atoms with Gasteiger partial charge in [-0.15, -0.1) is 6.58 Å². The number of benzene rings is 1. The van der Waals surface area contributed by atoms with E-state index in [1.807, 2.05) is 6.08 Å². The zero-order valence-corrected chi connectivity index (χ0v) is 9.09. The molecular formula is C13H19N. The van der Waals surface area contributed by atoms with Crippen molar-refractivity contribution in [1.29, 1.82) is 0 Å². The maximum atomic E-state index is 6.10. The Labute approximate surface area is 86.6 Å². The van der Waals surface area contributed by atoms with Crippen LogP contribution in [-0.2, 0) is 0 Å². The third-order valence-electron chi connectivity index (χ3n) is 2.52. The van der Waals surface area contributed by atoms with E-state index in [9.17, 15) is 0 Å². The van der Waals surface area contributed by atoms with Gasteiger partial charge < -0.3 is 5.73 Å². The first kappa shape index (κ1) is 11.0.